The molecule has 6 rings (SSSR count). The van der Waals surface area contributed by atoms with E-state index >= 15 is 0 Å². The van der Waals surface area contributed by atoms with Gasteiger partial charge in [-0.3, -0.25) is 9.59 Å². The zero-order chi connectivity index (χ0) is 38.7. The van der Waals surface area contributed by atoms with Crippen molar-refractivity contribution >= 4 is 24.0 Å². The third-order valence-corrected chi connectivity index (χ3v) is 9.46. The van der Waals surface area contributed by atoms with Crippen LogP contribution in [0.15, 0.2) is 42.9 Å². The summed E-state index contributed by atoms with van der Waals surface area (Å²) in [6.45, 7) is 3.87. The minimum absolute atomic E-state index is 0.00391. The molecular weight excluding hydrogens is 713 g/mol. The summed E-state index contributed by atoms with van der Waals surface area (Å²) in [5.74, 6) is 0.188. The fraction of sp³-hybridized carbons (Fsp3) is 0.429. The van der Waals surface area contributed by atoms with Gasteiger partial charge >= 0.3 is 18.4 Å². The van der Waals surface area contributed by atoms with Crippen molar-refractivity contribution in [2.75, 3.05) is 27.3 Å². The number of methoxy groups -OCH3 is 2. The third kappa shape index (κ3) is 7.84. The second kappa shape index (κ2) is 15.5. The number of alkyl carbamates (subject to hydrolysis) is 2. The van der Waals surface area contributed by atoms with Gasteiger partial charge in [0, 0.05) is 42.2 Å². The molecule has 16 nitrogen and oxygen atoms in total. The molecule has 54 heavy (non-hydrogen) atoms. The third-order valence-electron chi connectivity index (χ3n) is 9.46. The molecule has 0 radical (unpaired) electrons. The lowest BCUT2D eigenvalue weighted by Gasteiger charge is -2.26. The fourth-order valence-corrected chi connectivity index (χ4v) is 6.73. The number of carbonyl (C=O) groups excluding carboxylic acids is 4. The van der Waals surface area contributed by atoms with E-state index in [1.807, 2.05) is 0 Å². The second-order valence-electron chi connectivity index (χ2n) is 13.0. The fourth-order valence-electron chi connectivity index (χ4n) is 6.73. The lowest BCUT2D eigenvalue weighted by Crippen LogP contribution is -2.46. The van der Waals surface area contributed by atoms with E-state index in [1.165, 1.54) is 31.1 Å². The highest BCUT2D eigenvalue weighted by Crippen LogP contribution is 2.40. The molecule has 0 spiro atoms. The number of aromatic amines is 2. The van der Waals surface area contributed by atoms with Crippen molar-refractivity contribution in [2.24, 2.45) is 0 Å². The lowest BCUT2D eigenvalue weighted by atomic mass is 10.1. The first-order valence-corrected chi connectivity index (χ1v) is 17.2. The van der Waals surface area contributed by atoms with Crippen molar-refractivity contribution in [3.8, 4) is 33.9 Å². The van der Waals surface area contributed by atoms with E-state index in [1.54, 1.807) is 42.5 Å². The minimum Gasteiger partial charge on any atom is -0.453 e. The van der Waals surface area contributed by atoms with Crippen LogP contribution in [-0.4, -0.2) is 103 Å². The molecule has 0 saturated carbocycles. The Balaban J connectivity index is 1.16. The first kappa shape index (κ1) is 37.7. The Kier molecular flexibility index (Phi) is 10.9. The van der Waals surface area contributed by atoms with Gasteiger partial charge in [-0.25, -0.2) is 29.5 Å². The first-order chi connectivity index (χ1) is 25.8. The summed E-state index contributed by atoms with van der Waals surface area (Å²) in [5.41, 5.74) is 0.641. The first-order valence-electron chi connectivity index (χ1n) is 17.2. The summed E-state index contributed by atoms with van der Waals surface area (Å²) in [6, 6.07) is 3.40. The molecule has 2 fully saturated rings. The van der Waals surface area contributed by atoms with Crippen molar-refractivity contribution in [3.63, 3.8) is 0 Å². The summed E-state index contributed by atoms with van der Waals surface area (Å²) in [5, 5.41) is 4.90. The number of ether oxygens (including phenoxy) is 2. The number of H-pyrrole nitrogens is 2. The molecule has 3 aromatic heterocycles. The molecule has 0 aliphatic carbocycles. The maximum atomic E-state index is 14.3. The summed E-state index contributed by atoms with van der Waals surface area (Å²) >= 11 is 0. The van der Waals surface area contributed by atoms with Crippen LogP contribution >= 0.6 is 0 Å². The van der Waals surface area contributed by atoms with Gasteiger partial charge in [-0.05, 0) is 39.5 Å². The van der Waals surface area contributed by atoms with Crippen molar-refractivity contribution in [3.05, 3.63) is 60.2 Å². The van der Waals surface area contributed by atoms with Crippen LogP contribution in [0.2, 0.25) is 0 Å². The second-order valence-corrected chi connectivity index (χ2v) is 13.0. The number of benzene rings is 1. The molecule has 4 aromatic rings. The standard InChI is InChI=1S/C35H39F3N10O6/c1-18(42-33(51)53-3)31(49)47-13-5-7-24(47)29-41-17-23(44-29)22-15-39-28(40-16-22)21-11-9-20(10-12-21)26-27(35(36,37)38)46-30(45-26)25-8-6-14-48(25)32(50)19(2)43-34(52)54-4/h9-12,15-19,24-25H,5-8,13-14H2,1-4H3,(H,41,44)(H,42,51)(H,43,52)(H,45,46)/t18-,19-,24+,25+/m0/s1. The summed E-state index contributed by atoms with van der Waals surface area (Å²) < 4.78 is 52.0. The highest BCUT2D eigenvalue weighted by molar-refractivity contribution is 5.86. The van der Waals surface area contributed by atoms with E-state index in [9.17, 15) is 32.3 Å². The smallest absolute Gasteiger partial charge is 0.433 e. The number of aromatic nitrogens is 6. The van der Waals surface area contributed by atoms with Gasteiger partial charge < -0.3 is 39.9 Å². The van der Waals surface area contributed by atoms with Crippen LogP contribution in [0.1, 0.15) is 69.0 Å². The minimum atomic E-state index is -4.76. The van der Waals surface area contributed by atoms with E-state index < -0.39 is 48.1 Å². The number of hydrogen-bond acceptors (Lipinski definition) is 10. The molecule has 0 unspecified atom stereocenters. The van der Waals surface area contributed by atoms with E-state index in [-0.39, 0.29) is 29.0 Å². The maximum absolute atomic E-state index is 14.3. The Labute approximate surface area is 307 Å². The Bertz CT molecular complexity index is 2000. The van der Waals surface area contributed by atoms with E-state index in [2.05, 4.69) is 50.0 Å². The molecule has 4 atom stereocenters. The highest BCUT2D eigenvalue weighted by atomic mass is 19.4. The molecule has 2 saturated heterocycles. The molecule has 5 heterocycles. The normalized spacial score (nSPS) is 18.3. The quantitative estimate of drug-likeness (QED) is 0.185. The van der Waals surface area contributed by atoms with Crippen LogP contribution in [0.3, 0.4) is 0 Å². The Morgan fingerprint density at radius 1 is 0.759 bits per heavy atom. The molecule has 4 N–H and O–H groups in total. The van der Waals surface area contributed by atoms with Crippen LogP contribution in [0, 0.1) is 0 Å². The van der Waals surface area contributed by atoms with Crippen LogP contribution < -0.4 is 10.6 Å². The van der Waals surface area contributed by atoms with Gasteiger partial charge in [-0.15, -0.1) is 0 Å². The van der Waals surface area contributed by atoms with Gasteiger partial charge in [0.05, 0.1) is 38.2 Å². The predicted octanol–water partition coefficient (Wildman–Crippen LogP) is 4.76. The Morgan fingerprint density at radius 3 is 1.80 bits per heavy atom. The van der Waals surface area contributed by atoms with E-state index in [0.29, 0.717) is 60.8 Å². The van der Waals surface area contributed by atoms with Crippen LogP contribution in [0.4, 0.5) is 22.8 Å². The lowest BCUT2D eigenvalue weighted by molar-refractivity contribution is -0.140. The molecule has 19 heteroatoms. The van der Waals surface area contributed by atoms with E-state index in [0.717, 1.165) is 13.5 Å². The van der Waals surface area contributed by atoms with Crippen molar-refractivity contribution in [1.82, 2.24) is 50.3 Å². The average Bonchev–Trinajstić information content (AvgIpc) is 4.00. The Hall–Kier alpha value is -6.01. The number of halogens is 3. The van der Waals surface area contributed by atoms with Gasteiger partial charge in [-0.1, -0.05) is 24.3 Å². The average molecular weight is 753 g/mol. The molecule has 0 bridgehead atoms. The number of rotatable bonds is 9. The molecule has 2 aliphatic heterocycles. The highest BCUT2D eigenvalue weighted by Gasteiger charge is 2.41. The number of nitrogens with zero attached hydrogens (tertiary/aromatic N) is 6. The largest absolute Gasteiger partial charge is 0.453 e. The van der Waals surface area contributed by atoms with Gasteiger partial charge in [-0.2, -0.15) is 13.2 Å². The van der Waals surface area contributed by atoms with E-state index in [4.69, 9.17) is 0 Å². The van der Waals surface area contributed by atoms with Crippen LogP contribution in [-0.2, 0) is 25.2 Å². The number of nitrogens with one attached hydrogen (secondary N) is 4. The van der Waals surface area contributed by atoms with Crippen molar-refractivity contribution in [1.29, 1.82) is 0 Å². The summed E-state index contributed by atoms with van der Waals surface area (Å²) in [6.07, 6.45) is 0.938. The number of imidazole rings is 2. The number of amides is 4. The molecular formula is C35H39F3N10O6. The maximum Gasteiger partial charge on any atom is 0.433 e. The Morgan fingerprint density at radius 2 is 1.28 bits per heavy atom. The molecule has 1 aromatic carbocycles. The van der Waals surface area contributed by atoms with Crippen LogP contribution in [0.5, 0.6) is 0 Å². The van der Waals surface area contributed by atoms with Gasteiger partial charge in [0.2, 0.25) is 11.8 Å². The number of hydrogen-bond donors (Lipinski definition) is 4. The monoisotopic (exact) mass is 752 g/mol. The molecule has 2 aliphatic rings. The number of carbonyl (C=O) groups is 4. The zero-order valence-corrected chi connectivity index (χ0v) is 29.9. The van der Waals surface area contributed by atoms with Gasteiger partial charge in [0.15, 0.2) is 5.82 Å². The van der Waals surface area contributed by atoms with Gasteiger partial charge in [0.1, 0.15) is 35.1 Å². The van der Waals surface area contributed by atoms with Crippen molar-refractivity contribution in [2.45, 2.75) is 69.9 Å². The zero-order valence-electron chi connectivity index (χ0n) is 29.9. The number of alkyl halides is 3. The van der Waals surface area contributed by atoms with Crippen LogP contribution in [0.25, 0.3) is 33.9 Å². The summed E-state index contributed by atoms with van der Waals surface area (Å²) in [4.78, 5) is 75.9. The van der Waals surface area contributed by atoms with Crippen molar-refractivity contribution < 1.29 is 41.8 Å². The topological polar surface area (TPSA) is 200 Å². The number of likely N-dealkylation sites (tertiary alicyclic amines) is 2. The van der Waals surface area contributed by atoms with Gasteiger partial charge in [0.25, 0.3) is 0 Å². The molecule has 286 valence electrons. The SMILES string of the molecule is COC(=O)N[C@@H](C)C(=O)N1CCC[C@@H]1c1ncc(-c2cnc(-c3ccc(-c4nc([C@H]5CCCN5C(=O)[C@H](C)NC(=O)OC)[nH]c4C(F)(F)F)cc3)nc2)[nH]1. The predicted molar refractivity (Wildman–Crippen MR) is 185 cm³/mol. The molecule has 4 amide bonds. The summed E-state index contributed by atoms with van der Waals surface area (Å²) in [7, 11) is 2.39.